The van der Waals surface area contributed by atoms with Crippen molar-refractivity contribution in [3.05, 3.63) is 53.3 Å². The summed E-state index contributed by atoms with van der Waals surface area (Å²) in [6, 6.07) is 10.3. The van der Waals surface area contributed by atoms with Crippen LogP contribution in [0, 0.1) is 0 Å². The second kappa shape index (κ2) is 15.8. The van der Waals surface area contributed by atoms with Gasteiger partial charge >= 0.3 is 16.1 Å². The van der Waals surface area contributed by atoms with E-state index >= 15 is 0 Å². The number of aliphatic carboxylic acids is 1. The number of methoxy groups -OCH3 is 1. The first-order valence-corrected chi connectivity index (χ1v) is 14.4. The van der Waals surface area contributed by atoms with Crippen LogP contribution in [-0.4, -0.2) is 52.2 Å². The van der Waals surface area contributed by atoms with Crippen molar-refractivity contribution in [2.45, 2.75) is 52.9 Å². The van der Waals surface area contributed by atoms with Crippen LogP contribution in [-0.2, 0) is 26.1 Å². The molecule has 38 heavy (non-hydrogen) atoms. The molecule has 2 rings (SSSR count). The minimum atomic E-state index is -3.69. The Balaban J connectivity index is 2.14. The Hall–Kier alpha value is -3.40. The Morgan fingerprint density at radius 3 is 2.26 bits per heavy atom. The third-order valence-corrected chi connectivity index (χ3v) is 6.59. The van der Waals surface area contributed by atoms with Crippen LogP contribution in [0.25, 0.3) is 6.08 Å². The number of unbranched alkanes of at least 4 members (excludes halogenated alkanes) is 2. The zero-order valence-electron chi connectivity index (χ0n) is 22.5. The summed E-state index contributed by atoms with van der Waals surface area (Å²) in [5.41, 5.74) is 1.49. The van der Waals surface area contributed by atoms with Crippen molar-refractivity contribution in [1.82, 2.24) is 0 Å². The number of hydrogen-bond acceptors (Lipinski definition) is 8. The zero-order chi connectivity index (χ0) is 28.0. The van der Waals surface area contributed by atoms with E-state index < -0.39 is 16.1 Å². The summed E-state index contributed by atoms with van der Waals surface area (Å²) < 4.78 is 52.0. The number of ether oxygens (including phenoxy) is 4. The molecule has 2 aromatic carbocycles. The highest BCUT2D eigenvalue weighted by Gasteiger charge is 2.16. The second-order valence-corrected chi connectivity index (χ2v) is 10.1. The van der Waals surface area contributed by atoms with Gasteiger partial charge in [0.05, 0.1) is 32.7 Å². The molecule has 0 aliphatic carbocycles. The average molecular weight is 551 g/mol. The van der Waals surface area contributed by atoms with E-state index in [-0.39, 0.29) is 23.9 Å². The summed E-state index contributed by atoms with van der Waals surface area (Å²) in [6.45, 7) is 6.75. The Bertz CT molecular complexity index is 1170. The molecule has 0 unspecified atom stereocenters. The lowest BCUT2D eigenvalue weighted by Gasteiger charge is -2.15. The maximum Gasteiger partial charge on any atom is 0.371 e. The molecule has 0 radical (unpaired) electrons. The first kappa shape index (κ1) is 30.8. The molecule has 0 atom stereocenters. The number of hydrogen-bond donors (Lipinski definition) is 1. The van der Waals surface area contributed by atoms with Gasteiger partial charge in [0.2, 0.25) is 5.76 Å². The molecule has 0 aliphatic heterocycles. The normalized spacial score (nSPS) is 11.6. The number of carboxylic acids is 1. The van der Waals surface area contributed by atoms with Crippen molar-refractivity contribution in [1.29, 1.82) is 0 Å². The molecule has 10 heteroatoms. The standard InChI is InChI=1S/C28H38O9S/c1-5-8-15-35-26-19-22(20-27(28(29)30)34-7-3)11-12-23(26)36-16-14-21-10-13-24(25(18-21)33-4)37-38(31,32)17-9-6-2/h10-13,18-20H,5-9,14-17H2,1-4H3,(H,29,30)/b27-20+. The summed E-state index contributed by atoms with van der Waals surface area (Å²) in [6.07, 6.45) is 5.06. The third-order valence-electron chi connectivity index (χ3n) is 5.37. The number of benzene rings is 2. The molecule has 0 fully saturated rings. The monoisotopic (exact) mass is 550 g/mol. The van der Waals surface area contributed by atoms with Gasteiger partial charge in [-0.15, -0.1) is 0 Å². The highest BCUT2D eigenvalue weighted by molar-refractivity contribution is 7.87. The minimum absolute atomic E-state index is 0.0528. The van der Waals surface area contributed by atoms with Crippen LogP contribution in [0.15, 0.2) is 42.2 Å². The molecular weight excluding hydrogens is 512 g/mol. The molecule has 210 valence electrons. The molecule has 0 bridgehead atoms. The third kappa shape index (κ3) is 10.2. The summed E-state index contributed by atoms with van der Waals surface area (Å²) in [4.78, 5) is 11.4. The molecule has 0 saturated heterocycles. The quantitative estimate of drug-likeness (QED) is 0.112. The molecule has 0 aliphatic rings. The lowest BCUT2D eigenvalue weighted by molar-refractivity contribution is -0.136. The lowest BCUT2D eigenvalue weighted by Crippen LogP contribution is -2.14. The van der Waals surface area contributed by atoms with Crippen LogP contribution >= 0.6 is 0 Å². The maximum atomic E-state index is 12.2. The molecule has 0 heterocycles. The van der Waals surface area contributed by atoms with Gasteiger partial charge in [0.1, 0.15) is 0 Å². The van der Waals surface area contributed by atoms with Gasteiger partial charge in [-0.3, -0.25) is 0 Å². The van der Waals surface area contributed by atoms with Crippen molar-refractivity contribution in [2.24, 2.45) is 0 Å². The van der Waals surface area contributed by atoms with Gasteiger partial charge in [0.25, 0.3) is 0 Å². The van der Waals surface area contributed by atoms with Gasteiger partial charge in [-0.05, 0) is 61.2 Å². The first-order valence-electron chi connectivity index (χ1n) is 12.8. The van der Waals surface area contributed by atoms with Crippen molar-refractivity contribution < 1.29 is 41.4 Å². The maximum absolute atomic E-state index is 12.2. The van der Waals surface area contributed by atoms with E-state index in [4.69, 9.17) is 23.1 Å². The SMILES string of the molecule is CCCCOc1cc(/C=C(/OCC)C(=O)O)ccc1OCCc1ccc(OS(=O)(=O)CCCC)c(OC)c1. The second-order valence-electron chi connectivity index (χ2n) is 8.44. The van der Waals surface area contributed by atoms with Crippen LogP contribution in [0.4, 0.5) is 0 Å². The Morgan fingerprint density at radius 2 is 1.61 bits per heavy atom. The molecule has 9 nitrogen and oxygen atoms in total. The molecular formula is C28H38O9S. The van der Waals surface area contributed by atoms with E-state index in [9.17, 15) is 18.3 Å². The fourth-order valence-corrected chi connectivity index (χ4v) is 4.50. The van der Waals surface area contributed by atoms with Gasteiger partial charge in [-0.25, -0.2) is 4.79 Å². The Labute approximate surface area is 225 Å². The van der Waals surface area contributed by atoms with Gasteiger partial charge < -0.3 is 28.2 Å². The van der Waals surface area contributed by atoms with E-state index in [0.717, 1.165) is 24.8 Å². The Morgan fingerprint density at radius 1 is 0.895 bits per heavy atom. The van der Waals surface area contributed by atoms with E-state index in [2.05, 4.69) is 6.92 Å². The van der Waals surface area contributed by atoms with Crippen molar-refractivity contribution >= 4 is 22.2 Å². The minimum Gasteiger partial charge on any atom is -0.493 e. The molecule has 0 saturated carbocycles. The number of rotatable bonds is 18. The van der Waals surface area contributed by atoms with E-state index in [0.29, 0.717) is 48.9 Å². The predicted octanol–water partition coefficient (Wildman–Crippen LogP) is 5.47. The smallest absolute Gasteiger partial charge is 0.371 e. The van der Waals surface area contributed by atoms with Crippen molar-refractivity contribution in [3.8, 4) is 23.0 Å². The van der Waals surface area contributed by atoms with Crippen LogP contribution in [0.2, 0.25) is 0 Å². The summed E-state index contributed by atoms with van der Waals surface area (Å²) in [7, 11) is -2.24. The van der Waals surface area contributed by atoms with Gasteiger partial charge in [-0.1, -0.05) is 38.8 Å². The fraction of sp³-hybridized carbons (Fsp3) is 0.464. The average Bonchev–Trinajstić information content (AvgIpc) is 2.89. The van der Waals surface area contributed by atoms with Crippen LogP contribution in [0.5, 0.6) is 23.0 Å². The summed E-state index contributed by atoms with van der Waals surface area (Å²) in [5.74, 6) is 0.156. The summed E-state index contributed by atoms with van der Waals surface area (Å²) >= 11 is 0. The Kier molecular flexibility index (Phi) is 12.8. The van der Waals surface area contributed by atoms with E-state index in [1.54, 1.807) is 43.3 Å². The van der Waals surface area contributed by atoms with Gasteiger partial charge in [-0.2, -0.15) is 8.42 Å². The lowest BCUT2D eigenvalue weighted by atomic mass is 10.1. The van der Waals surface area contributed by atoms with Crippen molar-refractivity contribution in [2.75, 3.05) is 32.7 Å². The zero-order valence-corrected chi connectivity index (χ0v) is 23.3. The predicted molar refractivity (Wildman–Crippen MR) is 146 cm³/mol. The highest BCUT2D eigenvalue weighted by Crippen LogP contribution is 2.32. The van der Waals surface area contributed by atoms with Gasteiger partial charge in [0.15, 0.2) is 23.0 Å². The van der Waals surface area contributed by atoms with E-state index in [1.165, 1.54) is 13.2 Å². The van der Waals surface area contributed by atoms with Crippen LogP contribution < -0.4 is 18.4 Å². The molecule has 1 N–H and O–H groups in total. The van der Waals surface area contributed by atoms with Crippen LogP contribution in [0.3, 0.4) is 0 Å². The topological polar surface area (TPSA) is 118 Å². The van der Waals surface area contributed by atoms with E-state index in [1.807, 2.05) is 6.92 Å². The highest BCUT2D eigenvalue weighted by atomic mass is 32.2. The van der Waals surface area contributed by atoms with Crippen molar-refractivity contribution in [3.63, 3.8) is 0 Å². The summed E-state index contributed by atoms with van der Waals surface area (Å²) in [5, 5.41) is 9.34. The molecule has 0 aromatic heterocycles. The number of carbonyl (C=O) groups is 1. The van der Waals surface area contributed by atoms with Crippen LogP contribution in [0.1, 0.15) is 57.6 Å². The number of carboxylic acid groups (broad SMARTS) is 1. The van der Waals surface area contributed by atoms with Gasteiger partial charge in [0, 0.05) is 6.42 Å². The molecule has 0 amide bonds. The molecule has 2 aromatic rings. The fourth-order valence-electron chi connectivity index (χ4n) is 3.36. The molecule has 0 spiro atoms. The largest absolute Gasteiger partial charge is 0.493 e. The first-order chi connectivity index (χ1) is 18.2.